The summed E-state index contributed by atoms with van der Waals surface area (Å²) in [6.07, 6.45) is 1.40. The van der Waals surface area contributed by atoms with Gasteiger partial charge in [0.1, 0.15) is 11.9 Å². The Morgan fingerprint density at radius 1 is 1.10 bits per heavy atom. The number of ether oxygens (including phenoxy) is 1. The standard InChI is InChI=1S/C23H24F2O4/c1-14(13-20(26)23(2,24)25)21(17-7-5-16(6-8-17)15-3-4-15)29-19-11-9-18(10-12-19)22(27)28/h5-12,14-15,21H,3-4,13H2,1-2H3,(H,27,28)/t14?,21-/m0/s1. The molecule has 1 aliphatic rings. The van der Waals surface area contributed by atoms with Crippen LogP contribution in [0.25, 0.3) is 0 Å². The van der Waals surface area contributed by atoms with Crippen LogP contribution in [0.2, 0.25) is 0 Å². The van der Waals surface area contributed by atoms with E-state index in [0.717, 1.165) is 5.56 Å². The normalized spacial score (nSPS) is 16.1. The molecule has 4 nitrogen and oxygen atoms in total. The number of hydrogen-bond acceptors (Lipinski definition) is 3. The van der Waals surface area contributed by atoms with E-state index in [2.05, 4.69) is 0 Å². The van der Waals surface area contributed by atoms with Crippen LogP contribution in [0, 0.1) is 5.92 Å². The van der Waals surface area contributed by atoms with E-state index in [1.165, 1.54) is 42.7 Å². The summed E-state index contributed by atoms with van der Waals surface area (Å²) in [5.41, 5.74) is 2.15. The van der Waals surface area contributed by atoms with Crippen molar-refractivity contribution in [1.82, 2.24) is 0 Å². The number of carboxylic acids is 1. The van der Waals surface area contributed by atoms with E-state index >= 15 is 0 Å². The first-order chi connectivity index (χ1) is 13.6. The van der Waals surface area contributed by atoms with Crippen LogP contribution < -0.4 is 4.74 Å². The maximum Gasteiger partial charge on any atom is 0.335 e. The van der Waals surface area contributed by atoms with Gasteiger partial charge < -0.3 is 9.84 Å². The highest BCUT2D eigenvalue weighted by molar-refractivity contribution is 5.87. The third-order valence-corrected chi connectivity index (χ3v) is 5.19. The lowest BCUT2D eigenvalue weighted by atomic mass is 9.90. The van der Waals surface area contributed by atoms with E-state index in [-0.39, 0.29) is 12.0 Å². The molecular weight excluding hydrogens is 378 g/mol. The SMILES string of the molecule is CC(CC(=O)C(C)(F)F)[C@H](Oc1ccc(C(=O)O)cc1)c1ccc(C2CC2)cc1. The van der Waals surface area contributed by atoms with Crippen LogP contribution in [0.4, 0.5) is 8.78 Å². The lowest BCUT2D eigenvalue weighted by molar-refractivity contribution is -0.142. The fraction of sp³-hybridized carbons (Fsp3) is 0.391. The summed E-state index contributed by atoms with van der Waals surface area (Å²) in [4.78, 5) is 22.9. The average molecular weight is 402 g/mol. The molecule has 2 aromatic carbocycles. The van der Waals surface area contributed by atoms with Crippen molar-refractivity contribution in [3.05, 3.63) is 65.2 Å². The van der Waals surface area contributed by atoms with Crippen LogP contribution >= 0.6 is 0 Å². The molecular formula is C23H24F2O4. The molecule has 0 spiro atoms. The number of carbonyl (C=O) groups excluding carboxylic acids is 1. The number of aromatic carboxylic acids is 1. The van der Waals surface area contributed by atoms with Crippen molar-refractivity contribution in [2.75, 3.05) is 0 Å². The number of rotatable bonds is 9. The highest BCUT2D eigenvalue weighted by Gasteiger charge is 2.35. The zero-order valence-electron chi connectivity index (χ0n) is 16.4. The molecule has 2 aromatic rings. The third-order valence-electron chi connectivity index (χ3n) is 5.19. The van der Waals surface area contributed by atoms with Crippen molar-refractivity contribution < 1.29 is 28.2 Å². The van der Waals surface area contributed by atoms with Crippen molar-refractivity contribution in [2.24, 2.45) is 5.92 Å². The molecule has 1 saturated carbocycles. The van der Waals surface area contributed by atoms with Crippen LogP contribution in [0.1, 0.15) is 66.6 Å². The van der Waals surface area contributed by atoms with E-state index in [4.69, 9.17) is 9.84 Å². The van der Waals surface area contributed by atoms with E-state index in [1.54, 1.807) is 6.92 Å². The van der Waals surface area contributed by atoms with Gasteiger partial charge in [-0.2, -0.15) is 8.78 Å². The zero-order valence-corrected chi connectivity index (χ0v) is 16.4. The molecule has 6 heteroatoms. The minimum Gasteiger partial charge on any atom is -0.485 e. The van der Waals surface area contributed by atoms with E-state index in [9.17, 15) is 18.4 Å². The van der Waals surface area contributed by atoms with Crippen molar-refractivity contribution in [3.8, 4) is 5.75 Å². The number of carboxylic acid groups (broad SMARTS) is 1. The van der Waals surface area contributed by atoms with Crippen molar-refractivity contribution >= 4 is 11.8 Å². The molecule has 0 aromatic heterocycles. The second-order valence-electron chi connectivity index (χ2n) is 7.80. The zero-order chi connectivity index (χ0) is 21.2. The van der Waals surface area contributed by atoms with Gasteiger partial charge in [0.25, 0.3) is 0 Å². The number of hydrogen-bond donors (Lipinski definition) is 1. The Morgan fingerprint density at radius 3 is 2.17 bits per heavy atom. The van der Waals surface area contributed by atoms with Gasteiger partial charge in [-0.1, -0.05) is 31.2 Å². The molecule has 1 fully saturated rings. The molecule has 1 aliphatic carbocycles. The monoisotopic (exact) mass is 402 g/mol. The van der Waals surface area contributed by atoms with Gasteiger partial charge in [0, 0.05) is 19.3 Å². The second-order valence-corrected chi connectivity index (χ2v) is 7.80. The Kier molecular flexibility index (Phi) is 6.01. The predicted molar refractivity (Wildman–Crippen MR) is 105 cm³/mol. The Morgan fingerprint density at radius 2 is 1.69 bits per heavy atom. The molecule has 1 unspecified atom stereocenters. The smallest absolute Gasteiger partial charge is 0.335 e. The summed E-state index contributed by atoms with van der Waals surface area (Å²) in [5.74, 6) is -5.07. The minimum absolute atomic E-state index is 0.122. The molecule has 29 heavy (non-hydrogen) atoms. The molecule has 154 valence electrons. The lowest BCUT2D eigenvalue weighted by Gasteiger charge is -2.26. The van der Waals surface area contributed by atoms with Crippen LogP contribution in [-0.4, -0.2) is 22.8 Å². The Balaban J connectivity index is 1.83. The first kappa shape index (κ1) is 21.0. The highest BCUT2D eigenvalue weighted by atomic mass is 19.3. The largest absolute Gasteiger partial charge is 0.485 e. The molecule has 1 N–H and O–H groups in total. The van der Waals surface area contributed by atoms with Gasteiger partial charge in [0.05, 0.1) is 5.56 Å². The third kappa shape index (κ3) is 5.40. The van der Waals surface area contributed by atoms with Gasteiger partial charge in [0.2, 0.25) is 5.78 Å². The van der Waals surface area contributed by atoms with E-state index < -0.39 is 29.7 Å². The van der Waals surface area contributed by atoms with Crippen LogP contribution in [0.15, 0.2) is 48.5 Å². The average Bonchev–Trinajstić information content (AvgIpc) is 3.51. The van der Waals surface area contributed by atoms with Gasteiger partial charge in [-0.15, -0.1) is 0 Å². The number of ketones is 1. The summed E-state index contributed by atoms with van der Waals surface area (Å²) >= 11 is 0. The quantitative estimate of drug-likeness (QED) is 0.590. The Hall–Kier alpha value is -2.76. The summed E-state index contributed by atoms with van der Waals surface area (Å²) in [6.45, 7) is 2.31. The summed E-state index contributed by atoms with van der Waals surface area (Å²) in [6, 6.07) is 13.7. The van der Waals surface area contributed by atoms with Gasteiger partial charge in [-0.05, 0) is 54.2 Å². The van der Waals surface area contributed by atoms with E-state index in [0.29, 0.717) is 18.6 Å². The number of halogens is 2. The molecule has 0 bridgehead atoms. The molecule has 0 aliphatic heterocycles. The molecule has 0 heterocycles. The maximum atomic E-state index is 13.4. The number of benzene rings is 2. The number of carbonyl (C=O) groups is 2. The molecule has 0 saturated heterocycles. The number of alkyl halides is 2. The van der Waals surface area contributed by atoms with Crippen molar-refractivity contribution in [3.63, 3.8) is 0 Å². The fourth-order valence-corrected chi connectivity index (χ4v) is 3.29. The fourth-order valence-electron chi connectivity index (χ4n) is 3.29. The molecule has 2 atom stereocenters. The van der Waals surface area contributed by atoms with Gasteiger partial charge in [-0.3, -0.25) is 4.79 Å². The topological polar surface area (TPSA) is 63.6 Å². The predicted octanol–water partition coefficient (Wildman–Crippen LogP) is 5.63. The summed E-state index contributed by atoms with van der Waals surface area (Å²) < 4.78 is 32.8. The second kappa shape index (κ2) is 8.31. The summed E-state index contributed by atoms with van der Waals surface area (Å²) in [7, 11) is 0. The Labute approximate surface area is 168 Å². The molecule has 0 radical (unpaired) electrons. The maximum absolute atomic E-state index is 13.4. The lowest BCUT2D eigenvalue weighted by Crippen LogP contribution is -2.29. The number of Topliss-reactive ketones (excluding diaryl/α,β-unsaturated/α-hetero) is 1. The first-order valence-electron chi connectivity index (χ1n) is 9.66. The molecule has 0 amide bonds. The molecule has 3 rings (SSSR count). The van der Waals surface area contributed by atoms with Gasteiger partial charge >= 0.3 is 11.9 Å². The van der Waals surface area contributed by atoms with Crippen LogP contribution in [-0.2, 0) is 4.79 Å². The Bertz CT molecular complexity index is 865. The minimum atomic E-state index is -3.39. The highest BCUT2D eigenvalue weighted by Crippen LogP contribution is 2.41. The van der Waals surface area contributed by atoms with Crippen molar-refractivity contribution in [1.29, 1.82) is 0 Å². The van der Waals surface area contributed by atoms with E-state index in [1.807, 2.05) is 24.3 Å². The van der Waals surface area contributed by atoms with Crippen LogP contribution in [0.3, 0.4) is 0 Å². The van der Waals surface area contributed by atoms with Gasteiger partial charge in [-0.25, -0.2) is 4.79 Å². The van der Waals surface area contributed by atoms with Crippen LogP contribution in [0.5, 0.6) is 5.75 Å². The summed E-state index contributed by atoms with van der Waals surface area (Å²) in [5, 5.41) is 9.03. The van der Waals surface area contributed by atoms with Gasteiger partial charge in [0.15, 0.2) is 0 Å². The first-order valence-corrected chi connectivity index (χ1v) is 9.66. The van der Waals surface area contributed by atoms with Crippen molar-refractivity contribution in [2.45, 2.75) is 51.1 Å².